The molecule has 0 heterocycles. The topological polar surface area (TPSA) is 47.3 Å². The molecule has 0 rings (SSSR count). The third-order valence-electron chi connectivity index (χ3n) is 2.92. The SMILES string of the molecule is CC#CCC(NN)C(CC)(CC)OC. The van der Waals surface area contributed by atoms with Crippen LogP contribution in [0.1, 0.15) is 40.0 Å². The molecule has 0 saturated heterocycles. The van der Waals surface area contributed by atoms with Crippen LogP contribution in [0.4, 0.5) is 0 Å². The van der Waals surface area contributed by atoms with Gasteiger partial charge in [-0.05, 0) is 19.8 Å². The van der Waals surface area contributed by atoms with Crippen LogP contribution in [0.5, 0.6) is 0 Å². The standard InChI is InChI=1S/C11H22N2O/c1-5-8-9-10(13-12)11(6-2,7-3)14-4/h10,13H,6-7,9,12H2,1-4H3. The first-order chi connectivity index (χ1) is 6.70. The van der Waals surface area contributed by atoms with Crippen LogP contribution in [0.2, 0.25) is 0 Å². The third kappa shape index (κ3) is 2.98. The molecular formula is C11H22N2O. The molecule has 0 aliphatic rings. The molecule has 1 atom stereocenters. The summed E-state index contributed by atoms with van der Waals surface area (Å²) >= 11 is 0. The Morgan fingerprint density at radius 3 is 2.29 bits per heavy atom. The van der Waals surface area contributed by atoms with Gasteiger partial charge >= 0.3 is 0 Å². The molecule has 82 valence electrons. The van der Waals surface area contributed by atoms with Crippen molar-refractivity contribution in [2.45, 2.75) is 51.7 Å². The molecule has 14 heavy (non-hydrogen) atoms. The Labute approximate surface area is 87.4 Å². The van der Waals surface area contributed by atoms with Crippen molar-refractivity contribution in [2.75, 3.05) is 7.11 Å². The van der Waals surface area contributed by atoms with Crippen molar-refractivity contribution >= 4 is 0 Å². The fraction of sp³-hybridized carbons (Fsp3) is 0.818. The molecule has 0 aliphatic heterocycles. The van der Waals surface area contributed by atoms with Crippen LogP contribution in [-0.2, 0) is 4.74 Å². The van der Waals surface area contributed by atoms with Crippen LogP contribution in [-0.4, -0.2) is 18.8 Å². The summed E-state index contributed by atoms with van der Waals surface area (Å²) < 4.78 is 5.58. The summed E-state index contributed by atoms with van der Waals surface area (Å²) in [7, 11) is 1.73. The summed E-state index contributed by atoms with van der Waals surface area (Å²) in [5, 5.41) is 0. The number of hydrazine groups is 1. The van der Waals surface area contributed by atoms with Crippen molar-refractivity contribution in [1.82, 2.24) is 5.43 Å². The van der Waals surface area contributed by atoms with Gasteiger partial charge in [0.2, 0.25) is 0 Å². The highest BCUT2D eigenvalue weighted by Crippen LogP contribution is 2.25. The van der Waals surface area contributed by atoms with Crippen molar-refractivity contribution < 1.29 is 4.74 Å². The highest BCUT2D eigenvalue weighted by molar-refractivity contribution is 5.03. The van der Waals surface area contributed by atoms with Gasteiger partial charge in [0.25, 0.3) is 0 Å². The van der Waals surface area contributed by atoms with Crippen LogP contribution in [0, 0.1) is 11.8 Å². The Balaban J connectivity index is 4.61. The van der Waals surface area contributed by atoms with Gasteiger partial charge in [0, 0.05) is 13.5 Å². The molecule has 0 bridgehead atoms. The minimum atomic E-state index is -0.196. The quantitative estimate of drug-likeness (QED) is 0.386. The molecule has 0 aromatic carbocycles. The maximum atomic E-state index is 5.58. The fourth-order valence-electron chi connectivity index (χ4n) is 1.77. The summed E-state index contributed by atoms with van der Waals surface area (Å²) in [5.74, 6) is 11.4. The molecule has 1 unspecified atom stereocenters. The van der Waals surface area contributed by atoms with Crippen molar-refractivity contribution in [3.8, 4) is 11.8 Å². The zero-order chi connectivity index (χ0) is 11.0. The van der Waals surface area contributed by atoms with E-state index < -0.39 is 0 Å². The number of ether oxygens (including phenoxy) is 1. The lowest BCUT2D eigenvalue weighted by molar-refractivity contribution is -0.0461. The minimum Gasteiger partial charge on any atom is -0.377 e. The molecule has 0 fully saturated rings. The van der Waals surface area contributed by atoms with E-state index >= 15 is 0 Å². The molecule has 0 aliphatic carbocycles. The van der Waals surface area contributed by atoms with Crippen molar-refractivity contribution in [2.24, 2.45) is 5.84 Å². The van der Waals surface area contributed by atoms with E-state index in [0.29, 0.717) is 0 Å². The van der Waals surface area contributed by atoms with Crippen LogP contribution in [0.25, 0.3) is 0 Å². The van der Waals surface area contributed by atoms with Gasteiger partial charge in [-0.15, -0.1) is 11.8 Å². The van der Waals surface area contributed by atoms with Gasteiger partial charge in [0.15, 0.2) is 0 Å². The zero-order valence-electron chi connectivity index (χ0n) is 9.68. The lowest BCUT2D eigenvalue weighted by atomic mass is 9.86. The van der Waals surface area contributed by atoms with Crippen molar-refractivity contribution in [1.29, 1.82) is 0 Å². The minimum absolute atomic E-state index is 0.0925. The van der Waals surface area contributed by atoms with Crippen LogP contribution in [0.3, 0.4) is 0 Å². The zero-order valence-corrected chi connectivity index (χ0v) is 9.68. The Bertz CT molecular complexity index is 193. The van der Waals surface area contributed by atoms with E-state index in [9.17, 15) is 0 Å². The number of methoxy groups -OCH3 is 1. The molecule has 0 saturated carbocycles. The van der Waals surface area contributed by atoms with Gasteiger partial charge in [-0.3, -0.25) is 11.3 Å². The van der Waals surface area contributed by atoms with Gasteiger partial charge < -0.3 is 4.74 Å². The van der Waals surface area contributed by atoms with Crippen molar-refractivity contribution in [3.63, 3.8) is 0 Å². The first kappa shape index (κ1) is 13.4. The molecule has 3 N–H and O–H groups in total. The van der Waals surface area contributed by atoms with E-state index in [1.54, 1.807) is 7.11 Å². The predicted molar refractivity (Wildman–Crippen MR) is 59.5 cm³/mol. The third-order valence-corrected chi connectivity index (χ3v) is 2.92. The molecule has 0 aromatic rings. The van der Waals surface area contributed by atoms with Crippen LogP contribution in [0.15, 0.2) is 0 Å². The maximum Gasteiger partial charge on any atom is 0.0848 e. The molecule has 3 nitrogen and oxygen atoms in total. The van der Waals surface area contributed by atoms with Gasteiger partial charge in [0.1, 0.15) is 0 Å². The number of nitrogens with one attached hydrogen (secondary N) is 1. The largest absolute Gasteiger partial charge is 0.377 e. The normalized spacial score (nSPS) is 13.2. The summed E-state index contributed by atoms with van der Waals surface area (Å²) in [6, 6.07) is 0.0925. The summed E-state index contributed by atoms with van der Waals surface area (Å²) in [5.41, 5.74) is 2.61. The van der Waals surface area contributed by atoms with Gasteiger partial charge in [-0.25, -0.2) is 0 Å². The Hall–Kier alpha value is -0.560. The Kier molecular flexibility index (Phi) is 6.56. The average molecular weight is 198 g/mol. The average Bonchev–Trinajstić information content (AvgIpc) is 2.25. The number of nitrogens with two attached hydrogens (primary N) is 1. The number of rotatable bonds is 6. The second-order valence-corrected chi connectivity index (χ2v) is 3.33. The van der Waals surface area contributed by atoms with Gasteiger partial charge in [-0.2, -0.15) is 0 Å². The molecule has 0 amide bonds. The summed E-state index contributed by atoms with van der Waals surface area (Å²) in [6.45, 7) is 6.05. The van der Waals surface area contributed by atoms with E-state index in [0.717, 1.165) is 19.3 Å². The van der Waals surface area contributed by atoms with E-state index in [4.69, 9.17) is 10.6 Å². The summed E-state index contributed by atoms with van der Waals surface area (Å²) in [4.78, 5) is 0. The number of hydrogen-bond donors (Lipinski definition) is 2. The molecular weight excluding hydrogens is 176 g/mol. The van der Waals surface area contributed by atoms with E-state index in [1.807, 2.05) is 6.92 Å². The van der Waals surface area contributed by atoms with E-state index in [2.05, 4.69) is 31.1 Å². The monoisotopic (exact) mass is 198 g/mol. The maximum absolute atomic E-state index is 5.58. The molecule has 0 aromatic heterocycles. The van der Waals surface area contributed by atoms with Crippen LogP contribution < -0.4 is 11.3 Å². The van der Waals surface area contributed by atoms with Gasteiger partial charge in [-0.1, -0.05) is 13.8 Å². The lowest BCUT2D eigenvalue weighted by Crippen LogP contribution is -2.53. The van der Waals surface area contributed by atoms with E-state index in [1.165, 1.54) is 0 Å². The first-order valence-electron chi connectivity index (χ1n) is 5.11. The van der Waals surface area contributed by atoms with Crippen LogP contribution >= 0.6 is 0 Å². The summed E-state index contributed by atoms with van der Waals surface area (Å²) in [6.07, 6.45) is 2.59. The molecule has 0 spiro atoms. The predicted octanol–water partition coefficient (Wildman–Crippen LogP) is 1.44. The van der Waals surface area contributed by atoms with E-state index in [-0.39, 0.29) is 11.6 Å². The Morgan fingerprint density at radius 1 is 1.43 bits per heavy atom. The molecule has 3 heteroatoms. The van der Waals surface area contributed by atoms with Crippen molar-refractivity contribution in [3.05, 3.63) is 0 Å². The second kappa shape index (κ2) is 6.83. The van der Waals surface area contributed by atoms with Gasteiger partial charge in [0.05, 0.1) is 11.6 Å². The Morgan fingerprint density at radius 2 is 2.00 bits per heavy atom. The lowest BCUT2D eigenvalue weighted by Gasteiger charge is -2.37. The number of hydrogen-bond acceptors (Lipinski definition) is 3. The highest BCUT2D eigenvalue weighted by atomic mass is 16.5. The fourth-order valence-corrected chi connectivity index (χ4v) is 1.77. The smallest absolute Gasteiger partial charge is 0.0848 e. The highest BCUT2D eigenvalue weighted by Gasteiger charge is 2.34. The molecule has 0 radical (unpaired) electrons. The second-order valence-electron chi connectivity index (χ2n) is 3.33. The first-order valence-corrected chi connectivity index (χ1v) is 5.11.